The highest BCUT2D eigenvalue weighted by molar-refractivity contribution is 5.85. The van der Waals surface area contributed by atoms with Crippen molar-refractivity contribution in [2.45, 2.75) is 24.7 Å². The molecule has 10 heteroatoms. The molecule has 1 saturated heterocycles. The number of alkyl halides is 3. The number of nitro groups is 1. The van der Waals surface area contributed by atoms with Crippen LogP contribution in [0.3, 0.4) is 0 Å². The summed E-state index contributed by atoms with van der Waals surface area (Å²) in [5.74, 6) is -0.814. The predicted octanol–water partition coefficient (Wildman–Crippen LogP) is 1.04. The number of rotatable bonds is 3. The van der Waals surface area contributed by atoms with Crippen LogP contribution >= 0.6 is 0 Å². The number of β-amino-alcohol motifs (C(OH)–C–C–N with tert-alkyl or cyclic N) is 1. The Morgan fingerprint density at radius 2 is 2.09 bits per heavy atom. The monoisotopic (exact) mass is 319 g/mol. The third-order valence-electron chi connectivity index (χ3n) is 3.42. The Hall–Kier alpha value is -2.36. The molecule has 1 aromatic rings. The Labute approximate surface area is 122 Å². The fourth-order valence-electron chi connectivity index (χ4n) is 2.44. The van der Waals surface area contributed by atoms with Gasteiger partial charge >= 0.3 is 6.18 Å². The van der Waals surface area contributed by atoms with Crippen molar-refractivity contribution in [2.75, 3.05) is 11.4 Å². The molecule has 0 unspecified atom stereocenters. The second-order valence-corrected chi connectivity index (χ2v) is 4.92. The summed E-state index contributed by atoms with van der Waals surface area (Å²) in [5.41, 5.74) is 3.03. The van der Waals surface area contributed by atoms with Gasteiger partial charge in [0.25, 0.3) is 5.69 Å². The lowest BCUT2D eigenvalue weighted by Crippen LogP contribution is -2.40. The summed E-state index contributed by atoms with van der Waals surface area (Å²) in [6.07, 6.45) is -5.70. The lowest BCUT2D eigenvalue weighted by atomic mass is 10.1. The number of anilines is 1. The first-order valence-corrected chi connectivity index (χ1v) is 6.21. The van der Waals surface area contributed by atoms with Crippen LogP contribution in [0.5, 0.6) is 0 Å². The van der Waals surface area contributed by atoms with Crippen LogP contribution in [0.4, 0.5) is 24.5 Å². The highest BCUT2D eigenvalue weighted by Crippen LogP contribution is 2.38. The van der Waals surface area contributed by atoms with E-state index in [1.165, 1.54) is 0 Å². The third kappa shape index (κ3) is 2.96. The van der Waals surface area contributed by atoms with Crippen molar-refractivity contribution in [3.63, 3.8) is 0 Å². The Bertz CT molecular complexity index is 620. The summed E-state index contributed by atoms with van der Waals surface area (Å²) in [5, 5.41) is 20.6. The standard InChI is InChI=1S/C12H12F3N3O4/c13-12(14,15)6-1-2-8(9(3-6)18(21)22)17-5-7(19)4-10(17)11(16)20/h1-3,7,10,19H,4-5H2,(H2,16,20)/t7-,10+/m0/s1. The lowest BCUT2D eigenvalue weighted by molar-refractivity contribution is -0.384. The molecule has 0 spiro atoms. The number of carbonyl (C=O) groups is 1. The van der Waals surface area contributed by atoms with Crippen molar-refractivity contribution in [1.29, 1.82) is 0 Å². The van der Waals surface area contributed by atoms with Gasteiger partial charge in [-0.3, -0.25) is 14.9 Å². The average Bonchev–Trinajstić information content (AvgIpc) is 2.79. The minimum atomic E-state index is -4.73. The molecule has 0 aromatic heterocycles. The maximum absolute atomic E-state index is 12.7. The van der Waals surface area contributed by atoms with E-state index in [1.54, 1.807) is 0 Å². The topological polar surface area (TPSA) is 110 Å². The Balaban J connectivity index is 2.51. The van der Waals surface area contributed by atoms with E-state index in [9.17, 15) is 33.2 Å². The number of aliphatic hydroxyl groups is 1. The summed E-state index contributed by atoms with van der Waals surface area (Å²) < 4.78 is 38.0. The van der Waals surface area contributed by atoms with Crippen molar-refractivity contribution < 1.29 is 28.0 Å². The molecular weight excluding hydrogens is 307 g/mol. The van der Waals surface area contributed by atoms with E-state index in [0.29, 0.717) is 12.1 Å². The predicted molar refractivity (Wildman–Crippen MR) is 69.1 cm³/mol. The van der Waals surface area contributed by atoms with Crippen molar-refractivity contribution in [2.24, 2.45) is 5.73 Å². The van der Waals surface area contributed by atoms with Crippen LogP contribution in [0.2, 0.25) is 0 Å². The molecule has 0 saturated carbocycles. The maximum Gasteiger partial charge on any atom is 0.416 e. The van der Waals surface area contributed by atoms with E-state index < -0.39 is 40.4 Å². The molecule has 0 radical (unpaired) electrons. The molecule has 0 aliphatic carbocycles. The van der Waals surface area contributed by atoms with Gasteiger partial charge in [0.1, 0.15) is 11.7 Å². The number of nitrogens with zero attached hydrogens (tertiary/aromatic N) is 2. The van der Waals surface area contributed by atoms with Gasteiger partial charge in [-0.25, -0.2) is 0 Å². The average molecular weight is 319 g/mol. The number of halogens is 3. The molecule has 1 heterocycles. The Morgan fingerprint density at radius 3 is 2.59 bits per heavy atom. The summed E-state index contributed by atoms with van der Waals surface area (Å²) in [7, 11) is 0. The minimum Gasteiger partial charge on any atom is -0.391 e. The van der Waals surface area contributed by atoms with E-state index in [0.717, 1.165) is 11.0 Å². The molecule has 7 nitrogen and oxygen atoms in total. The van der Waals surface area contributed by atoms with E-state index in [-0.39, 0.29) is 18.7 Å². The zero-order chi connectivity index (χ0) is 16.7. The van der Waals surface area contributed by atoms with Gasteiger partial charge in [0.2, 0.25) is 5.91 Å². The molecule has 1 aliphatic heterocycles. The molecule has 1 amide bonds. The first-order valence-electron chi connectivity index (χ1n) is 6.21. The maximum atomic E-state index is 12.7. The van der Waals surface area contributed by atoms with E-state index in [2.05, 4.69) is 0 Å². The first-order chi connectivity index (χ1) is 10.1. The van der Waals surface area contributed by atoms with E-state index in [4.69, 9.17) is 5.73 Å². The van der Waals surface area contributed by atoms with Gasteiger partial charge in [0.05, 0.1) is 16.6 Å². The molecule has 120 valence electrons. The molecule has 0 bridgehead atoms. The number of primary amides is 1. The Morgan fingerprint density at radius 1 is 1.45 bits per heavy atom. The molecule has 22 heavy (non-hydrogen) atoms. The van der Waals surface area contributed by atoms with Crippen LogP contribution in [0.15, 0.2) is 18.2 Å². The highest BCUT2D eigenvalue weighted by Gasteiger charge is 2.39. The number of hydrogen-bond acceptors (Lipinski definition) is 5. The number of amides is 1. The van der Waals surface area contributed by atoms with Gasteiger partial charge in [-0.1, -0.05) is 0 Å². The number of aliphatic hydroxyl groups excluding tert-OH is 1. The summed E-state index contributed by atoms with van der Waals surface area (Å²) in [6, 6.07) is 0.989. The normalized spacial score (nSPS) is 21.9. The summed E-state index contributed by atoms with van der Waals surface area (Å²) in [4.78, 5) is 22.6. The molecule has 1 aromatic carbocycles. The van der Waals surface area contributed by atoms with Gasteiger partial charge in [-0.05, 0) is 12.1 Å². The third-order valence-corrected chi connectivity index (χ3v) is 3.42. The quantitative estimate of drug-likeness (QED) is 0.639. The smallest absolute Gasteiger partial charge is 0.391 e. The van der Waals surface area contributed by atoms with Crippen molar-refractivity contribution in [3.05, 3.63) is 33.9 Å². The molecular formula is C12H12F3N3O4. The number of nitro benzene ring substituents is 1. The second-order valence-electron chi connectivity index (χ2n) is 4.92. The zero-order valence-electron chi connectivity index (χ0n) is 11.1. The van der Waals surface area contributed by atoms with Crippen LogP contribution in [0, 0.1) is 10.1 Å². The first kappa shape index (κ1) is 16.0. The molecule has 1 fully saturated rings. The number of benzene rings is 1. The zero-order valence-corrected chi connectivity index (χ0v) is 11.1. The van der Waals surface area contributed by atoms with Crippen molar-refractivity contribution in [1.82, 2.24) is 0 Å². The van der Waals surface area contributed by atoms with E-state index >= 15 is 0 Å². The Kier molecular flexibility index (Phi) is 3.96. The summed E-state index contributed by atoms with van der Waals surface area (Å²) >= 11 is 0. The fraction of sp³-hybridized carbons (Fsp3) is 0.417. The molecule has 1 aliphatic rings. The van der Waals surface area contributed by atoms with Gasteiger partial charge < -0.3 is 15.7 Å². The minimum absolute atomic E-state index is 0.0342. The number of nitrogens with two attached hydrogens (primary N) is 1. The number of carbonyl (C=O) groups excluding carboxylic acids is 1. The van der Waals surface area contributed by atoms with Gasteiger partial charge in [-0.15, -0.1) is 0 Å². The van der Waals surface area contributed by atoms with Crippen LogP contribution < -0.4 is 10.6 Å². The van der Waals surface area contributed by atoms with Crippen molar-refractivity contribution >= 4 is 17.3 Å². The van der Waals surface area contributed by atoms with Gasteiger partial charge in [0.15, 0.2) is 0 Å². The van der Waals surface area contributed by atoms with Crippen LogP contribution in [-0.4, -0.2) is 34.6 Å². The SMILES string of the molecule is NC(=O)[C@H]1C[C@H](O)CN1c1ccc(C(F)(F)F)cc1[N+](=O)[O-]. The molecule has 3 N–H and O–H groups in total. The molecule has 2 atom stereocenters. The molecule has 2 rings (SSSR count). The van der Waals surface area contributed by atoms with Crippen LogP contribution in [-0.2, 0) is 11.0 Å². The van der Waals surface area contributed by atoms with Crippen LogP contribution in [0.25, 0.3) is 0 Å². The highest BCUT2D eigenvalue weighted by atomic mass is 19.4. The van der Waals surface area contributed by atoms with Gasteiger partial charge in [0, 0.05) is 19.0 Å². The summed E-state index contributed by atoms with van der Waals surface area (Å²) in [6.45, 7) is -0.125. The lowest BCUT2D eigenvalue weighted by Gasteiger charge is -2.24. The number of hydrogen-bond donors (Lipinski definition) is 2. The van der Waals surface area contributed by atoms with Crippen LogP contribution in [0.1, 0.15) is 12.0 Å². The van der Waals surface area contributed by atoms with E-state index in [1.807, 2.05) is 0 Å². The fourth-order valence-corrected chi connectivity index (χ4v) is 2.44. The largest absolute Gasteiger partial charge is 0.416 e. The second kappa shape index (κ2) is 5.44. The van der Waals surface area contributed by atoms with Crippen molar-refractivity contribution in [3.8, 4) is 0 Å². The van der Waals surface area contributed by atoms with Gasteiger partial charge in [-0.2, -0.15) is 13.2 Å².